The third-order valence-electron chi connectivity index (χ3n) is 3.12. The molecule has 4 nitrogen and oxygen atoms in total. The lowest BCUT2D eigenvalue weighted by Gasteiger charge is -2.10. The molecule has 2 heterocycles. The van der Waals surface area contributed by atoms with Crippen LogP contribution in [0.25, 0.3) is 5.69 Å². The lowest BCUT2D eigenvalue weighted by Crippen LogP contribution is -2.15. The molecular weight excluding hydrogens is 268 g/mol. The second-order valence-electron chi connectivity index (χ2n) is 4.55. The van der Waals surface area contributed by atoms with Crippen molar-refractivity contribution in [2.24, 2.45) is 0 Å². The van der Waals surface area contributed by atoms with Crippen LogP contribution in [0.2, 0.25) is 0 Å². The summed E-state index contributed by atoms with van der Waals surface area (Å²) in [5.41, 5.74) is 5.24. The van der Waals surface area contributed by atoms with Gasteiger partial charge < -0.3 is 5.32 Å². The Kier molecular flexibility index (Phi) is 3.90. The Bertz CT molecular complexity index is 659. The zero-order chi connectivity index (χ0) is 13.8. The highest BCUT2D eigenvalue weighted by Crippen LogP contribution is 2.14. The lowest BCUT2D eigenvalue weighted by molar-refractivity contribution is 0.658. The largest absolute Gasteiger partial charge is 0.305 e. The number of aromatic nitrogens is 3. The molecule has 0 radical (unpaired) electrons. The van der Waals surface area contributed by atoms with Crippen LogP contribution in [0.3, 0.4) is 0 Å². The summed E-state index contributed by atoms with van der Waals surface area (Å²) in [4.78, 5) is 8.68. The fraction of sp³-hybridized carbons (Fsp3) is 0.200. The van der Waals surface area contributed by atoms with E-state index in [2.05, 4.69) is 37.4 Å². The van der Waals surface area contributed by atoms with Gasteiger partial charge in [0.25, 0.3) is 0 Å². The molecule has 0 aliphatic rings. The number of imidazole rings is 1. The quantitative estimate of drug-likeness (QED) is 0.783. The van der Waals surface area contributed by atoms with Gasteiger partial charge in [-0.1, -0.05) is 18.2 Å². The van der Waals surface area contributed by atoms with Gasteiger partial charge in [-0.25, -0.2) is 9.97 Å². The first-order chi connectivity index (χ1) is 9.84. The smallest absolute Gasteiger partial charge is 0.110 e. The van der Waals surface area contributed by atoms with Crippen molar-refractivity contribution >= 4 is 11.3 Å². The van der Waals surface area contributed by atoms with Gasteiger partial charge in [-0.3, -0.25) is 4.57 Å². The van der Waals surface area contributed by atoms with Crippen molar-refractivity contribution in [1.82, 2.24) is 19.9 Å². The summed E-state index contributed by atoms with van der Waals surface area (Å²) in [7, 11) is 0. The molecule has 0 saturated heterocycles. The van der Waals surface area contributed by atoms with E-state index in [9.17, 15) is 0 Å². The van der Waals surface area contributed by atoms with Gasteiger partial charge in [-0.15, -0.1) is 11.3 Å². The Hall–Kier alpha value is -1.98. The number of hydrogen-bond acceptors (Lipinski definition) is 4. The third kappa shape index (κ3) is 2.79. The first-order valence-corrected chi connectivity index (χ1v) is 7.45. The van der Waals surface area contributed by atoms with Gasteiger partial charge in [0.1, 0.15) is 5.82 Å². The van der Waals surface area contributed by atoms with Gasteiger partial charge in [0, 0.05) is 24.2 Å². The van der Waals surface area contributed by atoms with E-state index in [4.69, 9.17) is 0 Å². The molecular formula is C15H16N4S. The molecule has 3 aromatic rings. The normalized spacial score (nSPS) is 10.8. The van der Waals surface area contributed by atoms with Crippen LogP contribution in [-0.4, -0.2) is 14.5 Å². The molecule has 102 valence electrons. The molecule has 1 N–H and O–H groups in total. The van der Waals surface area contributed by atoms with Crippen LogP contribution in [0.1, 0.15) is 17.2 Å². The van der Waals surface area contributed by atoms with Crippen LogP contribution < -0.4 is 5.32 Å². The zero-order valence-corrected chi connectivity index (χ0v) is 12.1. The molecule has 3 rings (SSSR count). The number of aryl methyl sites for hydroxylation is 1. The molecule has 0 unspecified atom stereocenters. The SMILES string of the molecule is Cc1ncc(CNCc2cscn2)n1-c1ccccc1. The van der Waals surface area contributed by atoms with Crippen molar-refractivity contribution in [2.45, 2.75) is 20.0 Å². The van der Waals surface area contributed by atoms with E-state index < -0.39 is 0 Å². The molecule has 0 saturated carbocycles. The number of thiazole rings is 1. The number of para-hydroxylation sites is 1. The minimum absolute atomic E-state index is 0.771. The number of nitrogens with one attached hydrogen (secondary N) is 1. The highest BCUT2D eigenvalue weighted by Gasteiger charge is 2.08. The second-order valence-corrected chi connectivity index (χ2v) is 5.27. The van der Waals surface area contributed by atoms with E-state index in [1.807, 2.05) is 36.8 Å². The molecule has 20 heavy (non-hydrogen) atoms. The fourth-order valence-electron chi connectivity index (χ4n) is 2.19. The van der Waals surface area contributed by atoms with E-state index >= 15 is 0 Å². The molecule has 0 aliphatic heterocycles. The molecule has 0 bridgehead atoms. The summed E-state index contributed by atoms with van der Waals surface area (Å²) >= 11 is 1.62. The molecule has 0 fully saturated rings. The molecule has 1 aromatic carbocycles. The van der Waals surface area contributed by atoms with E-state index in [0.29, 0.717) is 0 Å². The minimum Gasteiger partial charge on any atom is -0.305 e. The molecule has 0 aliphatic carbocycles. The Labute approximate surface area is 122 Å². The third-order valence-corrected chi connectivity index (χ3v) is 3.76. The van der Waals surface area contributed by atoms with Crippen LogP contribution in [0.15, 0.2) is 47.4 Å². The van der Waals surface area contributed by atoms with Crippen LogP contribution in [0.4, 0.5) is 0 Å². The molecule has 0 amide bonds. The number of benzene rings is 1. The highest BCUT2D eigenvalue weighted by atomic mass is 32.1. The predicted octanol–water partition coefficient (Wildman–Crippen LogP) is 2.93. The van der Waals surface area contributed by atoms with Gasteiger partial charge in [-0.2, -0.15) is 0 Å². The molecule has 0 spiro atoms. The van der Waals surface area contributed by atoms with Crippen molar-refractivity contribution in [3.8, 4) is 5.69 Å². The Balaban J connectivity index is 1.74. The summed E-state index contributed by atoms with van der Waals surface area (Å²) in [6, 6.07) is 10.3. The Morgan fingerprint density at radius 1 is 1.15 bits per heavy atom. The molecule has 2 aromatic heterocycles. The Morgan fingerprint density at radius 2 is 2.00 bits per heavy atom. The Morgan fingerprint density at radius 3 is 2.75 bits per heavy atom. The van der Waals surface area contributed by atoms with Gasteiger partial charge in [0.2, 0.25) is 0 Å². The summed E-state index contributed by atoms with van der Waals surface area (Å²) < 4.78 is 2.17. The monoisotopic (exact) mass is 284 g/mol. The first kappa shape index (κ1) is 13.0. The number of rotatable bonds is 5. The van der Waals surface area contributed by atoms with E-state index in [-0.39, 0.29) is 0 Å². The van der Waals surface area contributed by atoms with E-state index in [1.54, 1.807) is 11.3 Å². The maximum Gasteiger partial charge on any atom is 0.110 e. The summed E-state index contributed by atoms with van der Waals surface area (Å²) in [6.45, 7) is 3.58. The number of nitrogens with zero attached hydrogens (tertiary/aromatic N) is 3. The number of hydrogen-bond donors (Lipinski definition) is 1. The minimum atomic E-state index is 0.771. The van der Waals surface area contributed by atoms with E-state index in [1.165, 1.54) is 0 Å². The predicted molar refractivity (Wildman–Crippen MR) is 81.0 cm³/mol. The maximum absolute atomic E-state index is 4.42. The van der Waals surface area contributed by atoms with Gasteiger partial charge in [-0.05, 0) is 19.1 Å². The summed E-state index contributed by atoms with van der Waals surface area (Å²) in [5.74, 6) is 1.00. The van der Waals surface area contributed by atoms with Crippen LogP contribution in [0, 0.1) is 6.92 Å². The molecule has 5 heteroatoms. The summed E-state index contributed by atoms with van der Waals surface area (Å²) in [5, 5.41) is 5.47. The van der Waals surface area contributed by atoms with Crippen LogP contribution in [0.5, 0.6) is 0 Å². The average Bonchev–Trinajstić information content (AvgIpc) is 3.10. The van der Waals surface area contributed by atoms with Crippen molar-refractivity contribution in [1.29, 1.82) is 0 Å². The van der Waals surface area contributed by atoms with Crippen molar-refractivity contribution in [3.63, 3.8) is 0 Å². The van der Waals surface area contributed by atoms with Gasteiger partial charge >= 0.3 is 0 Å². The fourth-order valence-corrected chi connectivity index (χ4v) is 2.75. The van der Waals surface area contributed by atoms with Crippen LogP contribution in [-0.2, 0) is 13.1 Å². The van der Waals surface area contributed by atoms with Crippen molar-refractivity contribution in [2.75, 3.05) is 0 Å². The average molecular weight is 284 g/mol. The van der Waals surface area contributed by atoms with Crippen molar-refractivity contribution in [3.05, 3.63) is 64.6 Å². The lowest BCUT2D eigenvalue weighted by atomic mass is 10.3. The molecule has 0 atom stereocenters. The topological polar surface area (TPSA) is 42.7 Å². The van der Waals surface area contributed by atoms with Gasteiger partial charge in [0.05, 0.1) is 23.1 Å². The standard InChI is InChI=1S/C15H16N4S/c1-12-17-9-15(8-16-7-13-10-20-11-18-13)19(12)14-5-3-2-4-6-14/h2-6,9-11,16H,7-8H2,1H3. The first-order valence-electron chi connectivity index (χ1n) is 6.51. The maximum atomic E-state index is 4.42. The zero-order valence-electron chi connectivity index (χ0n) is 11.3. The van der Waals surface area contributed by atoms with Gasteiger partial charge in [0.15, 0.2) is 0 Å². The highest BCUT2D eigenvalue weighted by molar-refractivity contribution is 7.07. The summed E-state index contributed by atoms with van der Waals surface area (Å²) in [6.07, 6.45) is 1.93. The van der Waals surface area contributed by atoms with E-state index in [0.717, 1.165) is 36.0 Å². The second kappa shape index (κ2) is 5.98. The van der Waals surface area contributed by atoms with Crippen molar-refractivity contribution < 1.29 is 0 Å². The van der Waals surface area contributed by atoms with Crippen LogP contribution >= 0.6 is 11.3 Å².